The van der Waals surface area contributed by atoms with Gasteiger partial charge in [-0.3, -0.25) is 14.5 Å². The van der Waals surface area contributed by atoms with Crippen LogP contribution in [0.2, 0.25) is 0 Å². The van der Waals surface area contributed by atoms with Gasteiger partial charge in [0.1, 0.15) is 18.0 Å². The van der Waals surface area contributed by atoms with Crippen LogP contribution in [0, 0.1) is 25.2 Å². The van der Waals surface area contributed by atoms with Crippen molar-refractivity contribution in [2.45, 2.75) is 39.7 Å². The predicted molar refractivity (Wildman–Crippen MR) is 86.6 cm³/mol. The van der Waals surface area contributed by atoms with Crippen molar-refractivity contribution >= 4 is 11.9 Å². The van der Waals surface area contributed by atoms with Crippen molar-refractivity contribution in [2.24, 2.45) is 0 Å². The van der Waals surface area contributed by atoms with E-state index in [4.69, 9.17) is 5.26 Å². The number of H-pyrrole nitrogens is 1. The minimum absolute atomic E-state index is 0.0348. The molecule has 24 heavy (non-hydrogen) atoms. The molecule has 1 aliphatic heterocycles. The highest BCUT2D eigenvalue weighted by molar-refractivity contribution is 5.92. The fourth-order valence-electron chi connectivity index (χ4n) is 3.13. The highest BCUT2D eigenvalue weighted by atomic mass is 16.2. The van der Waals surface area contributed by atoms with E-state index in [1.54, 1.807) is 23.4 Å². The van der Waals surface area contributed by atoms with Crippen molar-refractivity contribution < 1.29 is 4.79 Å². The molecular weight excluding hydrogens is 308 g/mol. The lowest BCUT2D eigenvalue weighted by molar-refractivity contribution is -0.118. The van der Waals surface area contributed by atoms with Crippen LogP contribution in [0.1, 0.15) is 35.2 Å². The maximum absolute atomic E-state index is 12.6. The number of hydrogen-bond acceptors (Lipinski definition) is 5. The zero-order valence-corrected chi connectivity index (χ0v) is 13.7. The number of nitriles is 1. The third-order valence-corrected chi connectivity index (χ3v) is 4.40. The topological polar surface area (TPSA) is 108 Å². The third-order valence-electron chi connectivity index (χ3n) is 4.40. The summed E-state index contributed by atoms with van der Waals surface area (Å²) in [7, 11) is 0. The van der Waals surface area contributed by atoms with Crippen LogP contribution in [0.4, 0.5) is 5.95 Å². The average Bonchev–Trinajstić information content (AvgIpc) is 3.03. The third kappa shape index (κ3) is 2.69. The van der Waals surface area contributed by atoms with Gasteiger partial charge in [-0.05, 0) is 37.8 Å². The molecule has 0 aliphatic carbocycles. The second-order valence-corrected chi connectivity index (χ2v) is 5.85. The van der Waals surface area contributed by atoms with E-state index in [-0.39, 0.29) is 23.5 Å². The van der Waals surface area contributed by atoms with Crippen molar-refractivity contribution in [3.8, 4) is 6.07 Å². The Balaban J connectivity index is 1.79. The van der Waals surface area contributed by atoms with Crippen LogP contribution in [0.3, 0.4) is 0 Å². The molecule has 0 saturated carbocycles. The zero-order chi connectivity index (χ0) is 17.3. The van der Waals surface area contributed by atoms with Gasteiger partial charge in [0.15, 0.2) is 0 Å². The lowest BCUT2D eigenvalue weighted by Gasteiger charge is -2.26. The van der Waals surface area contributed by atoms with Gasteiger partial charge in [0, 0.05) is 25.2 Å². The molecule has 1 N–H and O–H groups in total. The highest BCUT2D eigenvalue weighted by Crippen LogP contribution is 2.20. The number of anilines is 1. The maximum atomic E-state index is 12.6. The summed E-state index contributed by atoms with van der Waals surface area (Å²) in [6.45, 7) is 4.93. The van der Waals surface area contributed by atoms with Gasteiger partial charge >= 0.3 is 0 Å². The van der Waals surface area contributed by atoms with Gasteiger partial charge in [0.05, 0.1) is 0 Å². The second kappa shape index (κ2) is 6.28. The first-order valence-electron chi connectivity index (χ1n) is 7.83. The number of aromatic amines is 1. The first kappa shape index (κ1) is 15.9. The molecule has 0 fully saturated rings. The van der Waals surface area contributed by atoms with Gasteiger partial charge < -0.3 is 4.98 Å². The molecule has 1 amide bonds. The van der Waals surface area contributed by atoms with Crippen LogP contribution in [-0.4, -0.2) is 32.2 Å². The number of aryl methyl sites for hydroxylation is 2. The van der Waals surface area contributed by atoms with E-state index < -0.39 is 0 Å². The summed E-state index contributed by atoms with van der Waals surface area (Å²) in [6, 6.07) is 1.93. The van der Waals surface area contributed by atoms with Crippen molar-refractivity contribution in [3.63, 3.8) is 0 Å². The standard InChI is InChI=1S/C16H18N6O2/c1-10-12(11(2)20-15(24)13(10)8-17)4-5-14(23)21-6-3-7-22-16(21)18-9-19-22/h9H,3-7H2,1-2H3,(H,20,24). The second-order valence-electron chi connectivity index (χ2n) is 5.85. The summed E-state index contributed by atoms with van der Waals surface area (Å²) in [5, 5.41) is 13.2. The van der Waals surface area contributed by atoms with Gasteiger partial charge in [-0.2, -0.15) is 15.3 Å². The van der Waals surface area contributed by atoms with Crippen molar-refractivity contribution in [2.75, 3.05) is 11.4 Å². The first-order valence-corrected chi connectivity index (χ1v) is 7.83. The van der Waals surface area contributed by atoms with E-state index in [0.29, 0.717) is 30.2 Å². The van der Waals surface area contributed by atoms with Crippen molar-refractivity contribution in [1.29, 1.82) is 5.26 Å². The summed E-state index contributed by atoms with van der Waals surface area (Å²) in [5.74, 6) is 0.548. The quantitative estimate of drug-likeness (QED) is 0.898. The summed E-state index contributed by atoms with van der Waals surface area (Å²) < 4.78 is 1.73. The minimum Gasteiger partial charge on any atom is -0.325 e. The minimum atomic E-state index is -0.383. The molecule has 8 heteroatoms. The molecule has 1 aliphatic rings. The monoisotopic (exact) mass is 326 g/mol. The number of amides is 1. The number of rotatable bonds is 3. The Morgan fingerprint density at radius 3 is 2.96 bits per heavy atom. The predicted octanol–water partition coefficient (Wildman–Crippen LogP) is 0.824. The summed E-state index contributed by atoms with van der Waals surface area (Å²) >= 11 is 0. The normalized spacial score (nSPS) is 13.5. The van der Waals surface area contributed by atoms with Gasteiger partial charge in [0.25, 0.3) is 5.56 Å². The van der Waals surface area contributed by atoms with Gasteiger partial charge in [-0.15, -0.1) is 0 Å². The van der Waals surface area contributed by atoms with E-state index in [0.717, 1.165) is 18.5 Å². The number of carbonyl (C=O) groups is 1. The Kier molecular flexibility index (Phi) is 4.16. The molecule has 3 heterocycles. The van der Waals surface area contributed by atoms with Crippen molar-refractivity contribution in [3.05, 3.63) is 39.1 Å². The highest BCUT2D eigenvalue weighted by Gasteiger charge is 2.24. The van der Waals surface area contributed by atoms with Crippen LogP contribution in [-0.2, 0) is 17.8 Å². The van der Waals surface area contributed by atoms with E-state index in [1.807, 2.05) is 6.07 Å². The number of pyridine rings is 1. The SMILES string of the molecule is Cc1[nH]c(=O)c(C#N)c(C)c1CCC(=O)N1CCCn2ncnc21. The van der Waals surface area contributed by atoms with Crippen LogP contribution < -0.4 is 10.5 Å². The van der Waals surface area contributed by atoms with Gasteiger partial charge in [-0.25, -0.2) is 4.68 Å². The molecule has 0 radical (unpaired) electrons. The van der Waals surface area contributed by atoms with E-state index >= 15 is 0 Å². The van der Waals surface area contributed by atoms with Gasteiger partial charge in [-0.1, -0.05) is 0 Å². The van der Waals surface area contributed by atoms with Gasteiger partial charge in [0.2, 0.25) is 11.9 Å². The largest absolute Gasteiger partial charge is 0.325 e. The Hall–Kier alpha value is -2.95. The van der Waals surface area contributed by atoms with Crippen LogP contribution in [0.25, 0.3) is 0 Å². The molecule has 0 unspecified atom stereocenters. The molecular formula is C16H18N6O2. The average molecular weight is 326 g/mol. The number of fused-ring (bicyclic) bond motifs is 1. The van der Waals surface area contributed by atoms with E-state index in [1.165, 1.54) is 6.33 Å². The van der Waals surface area contributed by atoms with Crippen LogP contribution in [0.15, 0.2) is 11.1 Å². The molecule has 0 aromatic carbocycles. The number of aromatic nitrogens is 4. The van der Waals surface area contributed by atoms with E-state index in [9.17, 15) is 9.59 Å². The summed E-state index contributed by atoms with van der Waals surface area (Å²) in [5.41, 5.74) is 1.92. The molecule has 0 atom stereocenters. The molecule has 8 nitrogen and oxygen atoms in total. The zero-order valence-electron chi connectivity index (χ0n) is 13.7. The molecule has 2 aromatic heterocycles. The molecule has 0 spiro atoms. The van der Waals surface area contributed by atoms with Crippen LogP contribution >= 0.6 is 0 Å². The van der Waals surface area contributed by atoms with Crippen LogP contribution in [0.5, 0.6) is 0 Å². The number of carbonyl (C=O) groups excluding carboxylic acids is 1. The number of hydrogen-bond donors (Lipinski definition) is 1. The number of nitrogens with one attached hydrogen (secondary N) is 1. The molecule has 3 rings (SSSR count). The Bertz CT molecular complexity index is 889. The fraction of sp³-hybridized carbons (Fsp3) is 0.438. The smallest absolute Gasteiger partial charge is 0.266 e. The number of nitrogens with zero attached hydrogens (tertiary/aromatic N) is 5. The Labute approximate surface area is 138 Å². The molecule has 2 aromatic rings. The van der Waals surface area contributed by atoms with E-state index in [2.05, 4.69) is 15.1 Å². The first-order chi connectivity index (χ1) is 11.5. The van der Waals surface area contributed by atoms with Crippen molar-refractivity contribution in [1.82, 2.24) is 19.7 Å². The molecule has 124 valence electrons. The molecule has 0 bridgehead atoms. The molecule has 0 saturated heterocycles. The fourth-order valence-corrected chi connectivity index (χ4v) is 3.13. The Morgan fingerprint density at radius 1 is 1.42 bits per heavy atom. The lowest BCUT2D eigenvalue weighted by atomic mass is 9.99. The lowest BCUT2D eigenvalue weighted by Crippen LogP contribution is -2.38. The summed E-state index contributed by atoms with van der Waals surface area (Å²) in [6.07, 6.45) is 3.05. The maximum Gasteiger partial charge on any atom is 0.266 e. The Morgan fingerprint density at radius 2 is 2.21 bits per heavy atom. The summed E-state index contributed by atoms with van der Waals surface area (Å²) in [4.78, 5) is 32.8.